The first kappa shape index (κ1) is 9.49. The van der Waals surface area contributed by atoms with Crippen LogP contribution in [0.5, 0.6) is 0 Å². The fraction of sp³-hybridized carbons (Fsp3) is 0.455. The number of hydrogen-bond acceptors (Lipinski definition) is 3. The molecule has 1 aromatic rings. The molecule has 0 radical (unpaired) electrons. The zero-order valence-electron chi connectivity index (χ0n) is 8.53. The zero-order valence-corrected chi connectivity index (χ0v) is 8.53. The van der Waals surface area contributed by atoms with Crippen molar-refractivity contribution in [1.29, 1.82) is 0 Å². The Balaban J connectivity index is 1.83. The molecule has 1 aromatic carbocycles. The van der Waals surface area contributed by atoms with Gasteiger partial charge >= 0.3 is 0 Å². The fourth-order valence-corrected chi connectivity index (χ4v) is 1.78. The number of nitrogen functional groups attached to an aromatic ring is 1. The minimum atomic E-state index is 0.639. The van der Waals surface area contributed by atoms with E-state index in [1.54, 1.807) is 0 Å². The van der Waals surface area contributed by atoms with Gasteiger partial charge in [0.05, 0.1) is 0 Å². The molecule has 1 saturated heterocycles. The van der Waals surface area contributed by atoms with Crippen LogP contribution < -0.4 is 11.1 Å². The third-order valence-electron chi connectivity index (χ3n) is 2.70. The van der Waals surface area contributed by atoms with E-state index in [1.807, 2.05) is 18.2 Å². The van der Waals surface area contributed by atoms with Crippen molar-refractivity contribution in [1.82, 2.24) is 10.2 Å². The fourth-order valence-electron chi connectivity index (χ4n) is 1.78. The monoisotopic (exact) mass is 191 g/mol. The summed E-state index contributed by atoms with van der Waals surface area (Å²) >= 11 is 0. The van der Waals surface area contributed by atoms with Gasteiger partial charge in [-0.2, -0.15) is 0 Å². The molecule has 0 atom stereocenters. The van der Waals surface area contributed by atoms with Gasteiger partial charge in [-0.1, -0.05) is 18.2 Å². The average molecular weight is 191 g/mol. The van der Waals surface area contributed by atoms with Crippen molar-refractivity contribution in [3.05, 3.63) is 29.8 Å². The number of nitrogens with zero attached hydrogens (tertiary/aromatic N) is 1. The Morgan fingerprint density at radius 2 is 2.14 bits per heavy atom. The maximum absolute atomic E-state index is 5.84. The van der Waals surface area contributed by atoms with E-state index in [9.17, 15) is 0 Å². The predicted molar refractivity (Wildman–Crippen MR) is 59.0 cm³/mol. The first-order valence-electron chi connectivity index (χ1n) is 5.01. The van der Waals surface area contributed by atoms with Crippen molar-refractivity contribution in [2.45, 2.75) is 12.6 Å². The topological polar surface area (TPSA) is 41.3 Å². The summed E-state index contributed by atoms with van der Waals surface area (Å²) in [6, 6.07) is 8.66. The average Bonchev–Trinajstić information content (AvgIpc) is 2.13. The summed E-state index contributed by atoms with van der Waals surface area (Å²) < 4.78 is 0. The molecule has 0 bridgehead atoms. The van der Waals surface area contributed by atoms with Gasteiger partial charge in [0.15, 0.2) is 0 Å². The van der Waals surface area contributed by atoms with Crippen LogP contribution in [0.4, 0.5) is 5.69 Å². The number of hydrogen-bond donors (Lipinski definition) is 2. The van der Waals surface area contributed by atoms with E-state index in [2.05, 4.69) is 23.3 Å². The second kappa shape index (κ2) is 3.98. The summed E-state index contributed by atoms with van der Waals surface area (Å²) in [4.78, 5) is 2.30. The summed E-state index contributed by atoms with van der Waals surface area (Å²) in [7, 11) is 2.13. The standard InChI is InChI=1S/C11H17N3/c1-14-7-10(8-14)13-6-9-4-2-3-5-11(9)12/h2-5,10,13H,6-8,12H2,1H3. The second-order valence-electron chi connectivity index (χ2n) is 4.00. The van der Waals surface area contributed by atoms with Gasteiger partial charge in [0, 0.05) is 31.4 Å². The summed E-state index contributed by atoms with van der Waals surface area (Å²) in [6.07, 6.45) is 0. The van der Waals surface area contributed by atoms with Gasteiger partial charge < -0.3 is 16.0 Å². The predicted octanol–water partition coefficient (Wildman–Crippen LogP) is 0.672. The van der Waals surface area contributed by atoms with Crippen LogP contribution in [0.15, 0.2) is 24.3 Å². The Labute approximate surface area is 84.9 Å². The number of rotatable bonds is 3. The lowest BCUT2D eigenvalue weighted by Crippen LogP contribution is -2.55. The molecule has 1 aliphatic heterocycles. The first-order chi connectivity index (χ1) is 6.75. The molecule has 3 N–H and O–H groups in total. The molecule has 1 fully saturated rings. The number of likely N-dealkylation sites (tertiary alicyclic amines) is 1. The summed E-state index contributed by atoms with van der Waals surface area (Å²) in [5.41, 5.74) is 7.92. The Kier molecular flexibility index (Phi) is 2.70. The van der Waals surface area contributed by atoms with E-state index < -0.39 is 0 Å². The zero-order chi connectivity index (χ0) is 9.97. The Hall–Kier alpha value is -1.06. The minimum absolute atomic E-state index is 0.639. The molecule has 2 rings (SSSR count). The third kappa shape index (κ3) is 2.05. The molecule has 1 heterocycles. The highest BCUT2D eigenvalue weighted by molar-refractivity contribution is 5.46. The van der Waals surface area contributed by atoms with Crippen LogP contribution in [0, 0.1) is 0 Å². The molecule has 0 saturated carbocycles. The van der Waals surface area contributed by atoms with Crippen LogP contribution in [-0.2, 0) is 6.54 Å². The Morgan fingerprint density at radius 1 is 1.43 bits per heavy atom. The van der Waals surface area contributed by atoms with Crippen LogP contribution in [0.2, 0.25) is 0 Å². The van der Waals surface area contributed by atoms with E-state index in [0.717, 1.165) is 25.3 Å². The van der Waals surface area contributed by atoms with Gasteiger partial charge in [-0.05, 0) is 18.7 Å². The maximum Gasteiger partial charge on any atom is 0.0359 e. The van der Waals surface area contributed by atoms with Gasteiger partial charge in [-0.3, -0.25) is 0 Å². The van der Waals surface area contributed by atoms with Crippen LogP contribution in [-0.4, -0.2) is 31.1 Å². The largest absolute Gasteiger partial charge is 0.398 e. The molecule has 1 aliphatic rings. The van der Waals surface area contributed by atoms with Crippen LogP contribution in [0.1, 0.15) is 5.56 Å². The lowest BCUT2D eigenvalue weighted by Gasteiger charge is -2.36. The number of nitrogens with two attached hydrogens (primary N) is 1. The third-order valence-corrected chi connectivity index (χ3v) is 2.70. The molecule has 0 aliphatic carbocycles. The van der Waals surface area contributed by atoms with Crippen molar-refractivity contribution in [3.63, 3.8) is 0 Å². The van der Waals surface area contributed by atoms with E-state index in [4.69, 9.17) is 5.73 Å². The molecule has 0 spiro atoms. The van der Waals surface area contributed by atoms with Gasteiger partial charge in [0.25, 0.3) is 0 Å². The smallest absolute Gasteiger partial charge is 0.0359 e. The Bertz CT molecular complexity index is 305. The van der Waals surface area contributed by atoms with Gasteiger partial charge in [0.1, 0.15) is 0 Å². The normalized spacial score (nSPS) is 18.1. The van der Waals surface area contributed by atoms with Crippen LogP contribution in [0.25, 0.3) is 0 Å². The molecule has 0 unspecified atom stereocenters. The van der Waals surface area contributed by atoms with Crippen LogP contribution >= 0.6 is 0 Å². The molecule has 0 aromatic heterocycles. The summed E-state index contributed by atoms with van der Waals surface area (Å²) in [5.74, 6) is 0. The Morgan fingerprint density at radius 3 is 2.79 bits per heavy atom. The number of nitrogens with one attached hydrogen (secondary N) is 1. The lowest BCUT2D eigenvalue weighted by atomic mass is 10.1. The van der Waals surface area contributed by atoms with E-state index in [-0.39, 0.29) is 0 Å². The van der Waals surface area contributed by atoms with Crippen molar-refractivity contribution in [3.8, 4) is 0 Å². The quantitative estimate of drug-likeness (QED) is 0.690. The number of benzene rings is 1. The number of anilines is 1. The van der Waals surface area contributed by atoms with E-state index in [0.29, 0.717) is 6.04 Å². The lowest BCUT2D eigenvalue weighted by molar-refractivity contribution is 0.161. The van der Waals surface area contributed by atoms with Crippen molar-refractivity contribution >= 4 is 5.69 Å². The maximum atomic E-state index is 5.84. The van der Waals surface area contributed by atoms with Crippen molar-refractivity contribution in [2.24, 2.45) is 0 Å². The van der Waals surface area contributed by atoms with E-state index >= 15 is 0 Å². The second-order valence-corrected chi connectivity index (χ2v) is 4.00. The molecule has 3 nitrogen and oxygen atoms in total. The van der Waals surface area contributed by atoms with Gasteiger partial charge in [-0.25, -0.2) is 0 Å². The molecular formula is C11H17N3. The summed E-state index contributed by atoms with van der Waals surface area (Å²) in [5, 5.41) is 3.48. The number of para-hydroxylation sites is 1. The van der Waals surface area contributed by atoms with E-state index in [1.165, 1.54) is 5.56 Å². The molecule has 3 heteroatoms. The minimum Gasteiger partial charge on any atom is -0.398 e. The number of likely N-dealkylation sites (N-methyl/N-ethyl adjacent to an activating group) is 1. The van der Waals surface area contributed by atoms with Crippen LogP contribution in [0.3, 0.4) is 0 Å². The van der Waals surface area contributed by atoms with Crippen molar-refractivity contribution in [2.75, 3.05) is 25.9 Å². The van der Waals surface area contributed by atoms with Crippen molar-refractivity contribution < 1.29 is 0 Å². The highest BCUT2D eigenvalue weighted by Crippen LogP contribution is 2.11. The highest BCUT2D eigenvalue weighted by atomic mass is 15.2. The van der Waals surface area contributed by atoms with Gasteiger partial charge in [-0.15, -0.1) is 0 Å². The van der Waals surface area contributed by atoms with Gasteiger partial charge in [0.2, 0.25) is 0 Å². The summed E-state index contributed by atoms with van der Waals surface area (Å²) in [6.45, 7) is 3.17. The first-order valence-corrected chi connectivity index (χ1v) is 5.01. The molecule has 14 heavy (non-hydrogen) atoms. The molecule has 0 amide bonds. The SMILES string of the molecule is CN1CC(NCc2ccccc2N)C1. The molecular weight excluding hydrogens is 174 g/mol. The molecule has 76 valence electrons. The highest BCUT2D eigenvalue weighted by Gasteiger charge is 2.21.